The quantitative estimate of drug-likeness (QED) is 0.921. The number of benzene rings is 1. The Hall–Kier alpha value is -0.870. The number of aliphatic hydroxyl groups excluding tert-OH is 1. The average molecular weight is 309 g/mol. The highest BCUT2D eigenvalue weighted by molar-refractivity contribution is 9.10. The number of halogens is 1. The normalized spacial score (nSPS) is 24.6. The molecule has 1 heterocycles. The Morgan fingerprint density at radius 3 is 2.78 bits per heavy atom. The third-order valence-corrected chi connectivity index (χ3v) is 4.43. The SMILES string of the molecule is OC[C@H]1CC[C@H](n2cc3ccc(Br)cc3n2)CC1. The van der Waals surface area contributed by atoms with E-state index in [4.69, 9.17) is 5.11 Å². The van der Waals surface area contributed by atoms with E-state index in [-0.39, 0.29) is 0 Å². The highest BCUT2D eigenvalue weighted by Crippen LogP contribution is 2.32. The topological polar surface area (TPSA) is 38.0 Å². The first-order valence-electron chi connectivity index (χ1n) is 6.51. The Morgan fingerprint density at radius 1 is 1.28 bits per heavy atom. The van der Waals surface area contributed by atoms with Gasteiger partial charge in [-0.15, -0.1) is 0 Å². The van der Waals surface area contributed by atoms with Crippen LogP contribution in [0.3, 0.4) is 0 Å². The molecule has 1 aromatic carbocycles. The zero-order valence-electron chi connectivity index (χ0n) is 10.2. The lowest BCUT2D eigenvalue weighted by Crippen LogP contribution is -2.20. The second kappa shape index (κ2) is 5.02. The molecule has 0 spiro atoms. The molecule has 1 saturated carbocycles. The second-order valence-electron chi connectivity index (χ2n) is 5.17. The van der Waals surface area contributed by atoms with E-state index in [1.807, 2.05) is 0 Å². The average Bonchev–Trinajstić information content (AvgIpc) is 2.81. The van der Waals surface area contributed by atoms with E-state index in [1.54, 1.807) is 0 Å². The Morgan fingerprint density at radius 2 is 2.06 bits per heavy atom. The van der Waals surface area contributed by atoms with Gasteiger partial charge < -0.3 is 5.11 Å². The summed E-state index contributed by atoms with van der Waals surface area (Å²) in [4.78, 5) is 0. The molecule has 0 bridgehead atoms. The van der Waals surface area contributed by atoms with Crippen LogP contribution >= 0.6 is 15.9 Å². The van der Waals surface area contributed by atoms with Gasteiger partial charge in [0.1, 0.15) is 0 Å². The molecule has 1 fully saturated rings. The van der Waals surface area contributed by atoms with E-state index in [1.165, 1.54) is 5.39 Å². The third-order valence-electron chi connectivity index (χ3n) is 3.94. The fourth-order valence-electron chi connectivity index (χ4n) is 2.79. The summed E-state index contributed by atoms with van der Waals surface area (Å²) in [7, 11) is 0. The van der Waals surface area contributed by atoms with Gasteiger partial charge in [0.05, 0.1) is 11.6 Å². The zero-order valence-corrected chi connectivity index (χ0v) is 11.8. The summed E-state index contributed by atoms with van der Waals surface area (Å²) in [5, 5.41) is 15.0. The maximum Gasteiger partial charge on any atom is 0.0934 e. The maximum atomic E-state index is 9.17. The highest BCUT2D eigenvalue weighted by atomic mass is 79.9. The Labute approximate surface area is 115 Å². The molecule has 1 aromatic heterocycles. The predicted octanol–water partition coefficient (Wildman–Crippen LogP) is 3.52. The van der Waals surface area contributed by atoms with Crippen LogP contribution in [0.25, 0.3) is 10.9 Å². The Bertz CT molecular complexity index is 544. The molecule has 0 saturated heterocycles. The van der Waals surface area contributed by atoms with Crippen LogP contribution in [0.15, 0.2) is 28.9 Å². The molecule has 1 aliphatic carbocycles. The van der Waals surface area contributed by atoms with E-state index < -0.39 is 0 Å². The number of aliphatic hydroxyl groups is 1. The second-order valence-corrected chi connectivity index (χ2v) is 6.09. The van der Waals surface area contributed by atoms with Crippen molar-refractivity contribution in [3.8, 4) is 0 Å². The largest absolute Gasteiger partial charge is 0.396 e. The fraction of sp³-hybridized carbons (Fsp3) is 0.500. The van der Waals surface area contributed by atoms with Crippen molar-refractivity contribution in [1.29, 1.82) is 0 Å². The van der Waals surface area contributed by atoms with E-state index in [9.17, 15) is 0 Å². The number of hydrogen-bond acceptors (Lipinski definition) is 2. The van der Waals surface area contributed by atoms with Crippen LogP contribution in [-0.4, -0.2) is 21.5 Å². The smallest absolute Gasteiger partial charge is 0.0934 e. The van der Waals surface area contributed by atoms with E-state index in [0.717, 1.165) is 35.7 Å². The standard InChI is InChI=1S/C14H17BrN2O/c15-12-4-3-11-8-17(16-14(11)7-12)13-5-1-10(9-18)2-6-13/h3-4,7-8,10,13,18H,1-2,5-6,9H2/t10-,13-. The van der Waals surface area contributed by atoms with E-state index in [2.05, 4.69) is 50.1 Å². The summed E-state index contributed by atoms with van der Waals surface area (Å²) < 4.78 is 3.19. The summed E-state index contributed by atoms with van der Waals surface area (Å²) in [6, 6.07) is 6.71. The van der Waals surface area contributed by atoms with Gasteiger partial charge in [0, 0.05) is 22.7 Å². The van der Waals surface area contributed by atoms with E-state index in [0.29, 0.717) is 18.6 Å². The van der Waals surface area contributed by atoms with Crippen molar-refractivity contribution in [3.63, 3.8) is 0 Å². The first-order chi connectivity index (χ1) is 8.76. The van der Waals surface area contributed by atoms with Crippen LogP contribution in [0.5, 0.6) is 0 Å². The Balaban J connectivity index is 1.82. The summed E-state index contributed by atoms with van der Waals surface area (Å²) in [6.07, 6.45) is 6.62. The Kier molecular flexibility index (Phi) is 3.39. The molecule has 3 nitrogen and oxygen atoms in total. The van der Waals surface area contributed by atoms with Gasteiger partial charge in [-0.1, -0.05) is 22.0 Å². The van der Waals surface area contributed by atoms with Gasteiger partial charge in [-0.2, -0.15) is 5.10 Å². The zero-order chi connectivity index (χ0) is 12.5. The summed E-state index contributed by atoms with van der Waals surface area (Å²) in [5.74, 6) is 0.500. The molecule has 0 amide bonds. The molecule has 2 aromatic rings. The lowest BCUT2D eigenvalue weighted by Gasteiger charge is -2.27. The van der Waals surface area contributed by atoms with Gasteiger partial charge in [-0.05, 0) is 43.7 Å². The molecule has 3 rings (SSSR count). The van der Waals surface area contributed by atoms with Crippen LogP contribution in [0.1, 0.15) is 31.7 Å². The molecular weight excluding hydrogens is 292 g/mol. The number of aromatic nitrogens is 2. The number of nitrogens with zero attached hydrogens (tertiary/aromatic N) is 2. The van der Waals surface area contributed by atoms with Gasteiger partial charge in [0.2, 0.25) is 0 Å². The molecule has 18 heavy (non-hydrogen) atoms. The molecule has 0 unspecified atom stereocenters. The lowest BCUT2D eigenvalue weighted by molar-refractivity contribution is 0.165. The van der Waals surface area contributed by atoms with Crippen molar-refractivity contribution < 1.29 is 5.11 Å². The van der Waals surface area contributed by atoms with Crippen molar-refractivity contribution in [2.24, 2.45) is 5.92 Å². The van der Waals surface area contributed by atoms with Crippen LogP contribution in [0.4, 0.5) is 0 Å². The summed E-state index contributed by atoms with van der Waals surface area (Å²) in [5.41, 5.74) is 1.05. The minimum absolute atomic E-state index is 0.334. The van der Waals surface area contributed by atoms with Crippen LogP contribution in [-0.2, 0) is 0 Å². The van der Waals surface area contributed by atoms with E-state index >= 15 is 0 Å². The van der Waals surface area contributed by atoms with Gasteiger partial charge in [0.15, 0.2) is 0 Å². The molecule has 1 N–H and O–H groups in total. The summed E-state index contributed by atoms with van der Waals surface area (Å²) in [6.45, 7) is 0.334. The van der Waals surface area contributed by atoms with Crippen LogP contribution in [0.2, 0.25) is 0 Å². The maximum absolute atomic E-state index is 9.17. The van der Waals surface area contributed by atoms with Crippen molar-refractivity contribution in [1.82, 2.24) is 9.78 Å². The molecule has 0 radical (unpaired) electrons. The minimum atomic E-state index is 0.334. The van der Waals surface area contributed by atoms with Gasteiger partial charge >= 0.3 is 0 Å². The van der Waals surface area contributed by atoms with Crippen LogP contribution in [0, 0.1) is 5.92 Å². The van der Waals surface area contributed by atoms with Gasteiger partial charge in [0.25, 0.3) is 0 Å². The molecular formula is C14H17BrN2O. The molecule has 0 aliphatic heterocycles. The van der Waals surface area contributed by atoms with Gasteiger partial charge in [-0.3, -0.25) is 4.68 Å². The predicted molar refractivity (Wildman–Crippen MR) is 75.5 cm³/mol. The van der Waals surface area contributed by atoms with Crippen molar-refractivity contribution >= 4 is 26.8 Å². The molecule has 4 heteroatoms. The number of hydrogen-bond donors (Lipinski definition) is 1. The monoisotopic (exact) mass is 308 g/mol. The lowest BCUT2D eigenvalue weighted by atomic mass is 9.87. The first-order valence-corrected chi connectivity index (χ1v) is 7.31. The van der Waals surface area contributed by atoms with Crippen molar-refractivity contribution in [2.75, 3.05) is 6.61 Å². The third kappa shape index (κ3) is 2.31. The first kappa shape index (κ1) is 12.2. The van der Waals surface area contributed by atoms with Crippen molar-refractivity contribution in [2.45, 2.75) is 31.7 Å². The highest BCUT2D eigenvalue weighted by Gasteiger charge is 2.22. The van der Waals surface area contributed by atoms with Crippen LogP contribution < -0.4 is 0 Å². The van der Waals surface area contributed by atoms with Crippen molar-refractivity contribution in [3.05, 3.63) is 28.9 Å². The van der Waals surface area contributed by atoms with Gasteiger partial charge in [-0.25, -0.2) is 0 Å². The number of fused-ring (bicyclic) bond motifs is 1. The molecule has 0 atom stereocenters. The summed E-state index contributed by atoms with van der Waals surface area (Å²) >= 11 is 3.48. The minimum Gasteiger partial charge on any atom is -0.396 e. The fourth-order valence-corrected chi connectivity index (χ4v) is 3.14. The molecule has 96 valence electrons. The molecule has 1 aliphatic rings. The number of rotatable bonds is 2.